The number of carbonyl (C=O) groups excluding carboxylic acids is 1. The molecule has 0 fully saturated rings. The molecule has 0 aliphatic rings. The van der Waals surface area contributed by atoms with E-state index in [-0.39, 0.29) is 0 Å². The number of rotatable bonds is 2. The molecule has 0 aliphatic carbocycles. The van der Waals surface area contributed by atoms with Crippen molar-refractivity contribution in [2.75, 3.05) is 14.1 Å². The average molecular weight is 251 g/mol. The molecule has 0 aromatic carbocycles. The lowest BCUT2D eigenvalue weighted by Crippen LogP contribution is -2.37. The van der Waals surface area contributed by atoms with Crippen LogP contribution >= 0.6 is 7.60 Å². The Kier molecular flexibility index (Phi) is 4.15. The van der Waals surface area contributed by atoms with Crippen LogP contribution in [0.25, 0.3) is 0 Å². The molecule has 1 amide bonds. The second-order valence-corrected chi connectivity index (χ2v) is 4.41. The van der Waals surface area contributed by atoms with E-state index < -0.39 is 25.7 Å². The van der Waals surface area contributed by atoms with Crippen LogP contribution in [0, 0.1) is 0 Å². The van der Waals surface area contributed by atoms with Gasteiger partial charge in [0.15, 0.2) is 0 Å². The van der Waals surface area contributed by atoms with Gasteiger partial charge < -0.3 is 19.4 Å². The van der Waals surface area contributed by atoms with Crippen molar-refractivity contribution in [3.8, 4) is 0 Å². The molecule has 0 aliphatic heterocycles. The van der Waals surface area contributed by atoms with E-state index in [1.54, 1.807) is 0 Å². The third-order valence-electron chi connectivity index (χ3n) is 1.16. The first kappa shape index (κ1) is 14.2. The highest BCUT2D eigenvalue weighted by Crippen LogP contribution is 2.49. The van der Waals surface area contributed by atoms with Gasteiger partial charge in [-0.15, -0.1) is 0 Å². The smallest absolute Gasteiger partial charge is 0.423 e. The van der Waals surface area contributed by atoms with E-state index in [0.717, 1.165) is 14.1 Å². The number of halogens is 3. The number of hydrogen-bond donors (Lipinski definition) is 2. The third-order valence-corrected chi connectivity index (χ3v) is 2.17. The number of carbonyl (C=O) groups is 1. The highest BCUT2D eigenvalue weighted by molar-refractivity contribution is 7.52. The summed E-state index contributed by atoms with van der Waals surface area (Å²) in [5.41, 5.74) is 0. The Morgan fingerprint density at radius 3 is 2.00 bits per heavy atom. The molecular formula is C5H9F3NO5P. The number of hydrogen-bond acceptors (Lipinski definition) is 3. The Morgan fingerprint density at radius 2 is 1.80 bits per heavy atom. The van der Waals surface area contributed by atoms with Crippen molar-refractivity contribution >= 4 is 13.7 Å². The lowest BCUT2D eigenvalue weighted by atomic mass is 10.7. The summed E-state index contributed by atoms with van der Waals surface area (Å²) in [6, 6.07) is 0. The predicted molar refractivity (Wildman–Crippen MR) is 42.1 cm³/mol. The molecule has 0 bridgehead atoms. The van der Waals surface area contributed by atoms with E-state index in [1.165, 1.54) is 0 Å². The molecule has 0 spiro atoms. The average Bonchev–Trinajstić information content (AvgIpc) is 1.94. The Labute approximate surface area is 82.8 Å². The molecule has 0 unspecified atom stereocenters. The maximum atomic E-state index is 12.1. The van der Waals surface area contributed by atoms with Crippen LogP contribution in [0.2, 0.25) is 0 Å². The minimum Gasteiger partial charge on any atom is -0.423 e. The summed E-state index contributed by atoms with van der Waals surface area (Å²) in [7, 11) is -3.43. The van der Waals surface area contributed by atoms with E-state index in [2.05, 4.69) is 4.74 Å². The highest BCUT2D eigenvalue weighted by Gasteiger charge is 2.54. The standard InChI is InChI=1S/C5H9F3NO5P/c1-9(2)4(10)14-3(5(6,7)8)15(11,12)13/h3H,1-2H3,(H2,11,12,13)/t3-/m0/s1. The van der Waals surface area contributed by atoms with Gasteiger partial charge in [-0.05, 0) is 0 Å². The van der Waals surface area contributed by atoms with E-state index in [0.29, 0.717) is 4.90 Å². The zero-order valence-electron chi connectivity index (χ0n) is 7.72. The summed E-state index contributed by atoms with van der Waals surface area (Å²) >= 11 is 0. The second-order valence-electron chi connectivity index (χ2n) is 2.76. The fraction of sp³-hybridized carbons (Fsp3) is 0.800. The molecule has 0 radical (unpaired) electrons. The van der Waals surface area contributed by atoms with Gasteiger partial charge in [-0.25, -0.2) is 4.79 Å². The van der Waals surface area contributed by atoms with Crippen molar-refractivity contribution in [1.82, 2.24) is 4.90 Å². The topological polar surface area (TPSA) is 87.1 Å². The Hall–Kier alpha value is -0.790. The summed E-state index contributed by atoms with van der Waals surface area (Å²) in [6.45, 7) is 0. The summed E-state index contributed by atoms with van der Waals surface area (Å²) in [4.78, 5) is 28.0. The van der Waals surface area contributed by atoms with Gasteiger partial charge in [0, 0.05) is 14.1 Å². The first-order chi connectivity index (χ1) is 6.46. The summed E-state index contributed by atoms with van der Waals surface area (Å²) < 4.78 is 50.2. The zero-order chi connectivity index (χ0) is 12.4. The molecule has 0 aromatic heterocycles. The molecule has 90 valence electrons. The molecule has 10 heteroatoms. The maximum Gasteiger partial charge on any atom is 0.437 e. The number of ether oxygens (including phenoxy) is 1. The number of amides is 1. The van der Waals surface area contributed by atoms with Gasteiger partial charge in [-0.2, -0.15) is 13.2 Å². The van der Waals surface area contributed by atoms with Crippen molar-refractivity contribution in [1.29, 1.82) is 0 Å². The fourth-order valence-corrected chi connectivity index (χ4v) is 1.14. The van der Waals surface area contributed by atoms with Crippen LogP contribution in [0.1, 0.15) is 0 Å². The van der Waals surface area contributed by atoms with E-state index in [9.17, 15) is 22.5 Å². The number of alkyl halides is 3. The molecular weight excluding hydrogens is 242 g/mol. The molecule has 0 heterocycles. The van der Waals surface area contributed by atoms with E-state index in [1.807, 2.05) is 0 Å². The van der Waals surface area contributed by atoms with Crippen molar-refractivity contribution < 1.29 is 37.1 Å². The van der Waals surface area contributed by atoms with Crippen LogP contribution in [0.5, 0.6) is 0 Å². The largest absolute Gasteiger partial charge is 0.437 e. The molecule has 0 saturated carbocycles. The van der Waals surface area contributed by atoms with Gasteiger partial charge in [0.1, 0.15) is 0 Å². The Bertz CT molecular complexity index is 285. The quantitative estimate of drug-likeness (QED) is 0.707. The van der Waals surface area contributed by atoms with Crippen molar-refractivity contribution in [3.63, 3.8) is 0 Å². The summed E-state index contributed by atoms with van der Waals surface area (Å²) in [5.74, 6) is -3.43. The number of nitrogens with zero attached hydrogens (tertiary/aromatic N) is 1. The van der Waals surface area contributed by atoms with Crippen molar-refractivity contribution in [2.24, 2.45) is 0 Å². The lowest BCUT2D eigenvalue weighted by Gasteiger charge is -2.22. The van der Waals surface area contributed by atoms with Gasteiger partial charge in [0.25, 0.3) is 5.85 Å². The summed E-state index contributed by atoms with van der Waals surface area (Å²) in [6.07, 6.45) is -6.80. The molecule has 15 heavy (non-hydrogen) atoms. The molecule has 0 rings (SSSR count). The van der Waals surface area contributed by atoms with Gasteiger partial charge in [-0.3, -0.25) is 4.57 Å². The van der Waals surface area contributed by atoms with Crippen LogP contribution in [-0.2, 0) is 9.30 Å². The zero-order valence-corrected chi connectivity index (χ0v) is 8.62. The van der Waals surface area contributed by atoms with Gasteiger partial charge in [0.2, 0.25) is 0 Å². The van der Waals surface area contributed by atoms with Crippen LogP contribution < -0.4 is 0 Å². The van der Waals surface area contributed by atoms with Gasteiger partial charge in [-0.1, -0.05) is 0 Å². The van der Waals surface area contributed by atoms with Gasteiger partial charge in [0.05, 0.1) is 0 Å². The molecule has 1 atom stereocenters. The Morgan fingerprint density at radius 1 is 1.40 bits per heavy atom. The van der Waals surface area contributed by atoms with Crippen molar-refractivity contribution in [3.05, 3.63) is 0 Å². The second kappa shape index (κ2) is 4.38. The van der Waals surface area contributed by atoms with Gasteiger partial charge >= 0.3 is 19.9 Å². The van der Waals surface area contributed by atoms with Crippen LogP contribution in [0.3, 0.4) is 0 Å². The monoisotopic (exact) mass is 251 g/mol. The molecule has 2 N–H and O–H groups in total. The lowest BCUT2D eigenvalue weighted by molar-refractivity contribution is -0.183. The van der Waals surface area contributed by atoms with E-state index >= 15 is 0 Å². The molecule has 6 nitrogen and oxygen atoms in total. The SMILES string of the molecule is CN(C)C(=O)O[C@H](C(F)(F)F)P(=O)(O)O. The first-order valence-corrected chi connectivity index (χ1v) is 5.14. The highest BCUT2D eigenvalue weighted by atomic mass is 31.2. The predicted octanol–water partition coefficient (Wildman–Crippen LogP) is 0.751. The van der Waals surface area contributed by atoms with E-state index in [4.69, 9.17) is 9.79 Å². The third kappa shape index (κ3) is 4.50. The van der Waals surface area contributed by atoms with Crippen LogP contribution in [0.4, 0.5) is 18.0 Å². The van der Waals surface area contributed by atoms with Crippen LogP contribution in [-0.4, -0.2) is 46.9 Å². The molecule has 0 aromatic rings. The summed E-state index contributed by atoms with van der Waals surface area (Å²) in [5, 5.41) is 0. The first-order valence-electron chi connectivity index (χ1n) is 3.46. The maximum absolute atomic E-state index is 12.1. The normalized spacial score (nSPS) is 14.6. The Balaban J connectivity index is 4.86. The minimum absolute atomic E-state index is 0.619. The van der Waals surface area contributed by atoms with Crippen molar-refractivity contribution in [2.45, 2.75) is 12.0 Å². The fourth-order valence-electron chi connectivity index (χ4n) is 0.527. The van der Waals surface area contributed by atoms with Crippen LogP contribution in [0.15, 0.2) is 0 Å². The molecule has 0 saturated heterocycles. The minimum atomic E-state index is -5.59.